The molecule has 0 aliphatic carbocycles. The topological polar surface area (TPSA) is 82.5 Å². The van der Waals surface area contributed by atoms with E-state index in [1.165, 1.54) is 35.7 Å². The fraction of sp³-hybridized carbons (Fsp3) is 0.0909. The van der Waals surface area contributed by atoms with Crippen LogP contribution >= 0.6 is 11.3 Å². The Bertz CT molecular complexity index is 566. The molecule has 0 fully saturated rings. The van der Waals surface area contributed by atoms with Gasteiger partial charge < -0.3 is 15.5 Å². The third kappa shape index (κ3) is 2.54. The number of benzene rings is 1. The highest BCUT2D eigenvalue weighted by Gasteiger charge is 2.10. The standard InChI is InChI=1S/C11H10N2O3S/c1-6-12-5-10(17-6)11(16)13-7-2-3-8(14)9(15)4-7/h2-5,14-15H,1H3,(H,13,16). The molecule has 1 aromatic carbocycles. The number of hydrogen-bond donors (Lipinski definition) is 3. The minimum Gasteiger partial charge on any atom is -0.504 e. The van der Waals surface area contributed by atoms with Gasteiger partial charge in [-0.3, -0.25) is 4.79 Å². The lowest BCUT2D eigenvalue weighted by atomic mass is 10.2. The number of carbonyl (C=O) groups excluding carboxylic acids is 1. The summed E-state index contributed by atoms with van der Waals surface area (Å²) in [4.78, 5) is 16.2. The normalized spacial score (nSPS) is 10.2. The van der Waals surface area contributed by atoms with Crippen LogP contribution in [0.25, 0.3) is 0 Å². The van der Waals surface area contributed by atoms with Gasteiger partial charge in [-0.25, -0.2) is 4.98 Å². The molecule has 0 spiro atoms. The maximum Gasteiger partial charge on any atom is 0.267 e. The number of amides is 1. The summed E-state index contributed by atoms with van der Waals surface area (Å²) in [6.45, 7) is 1.81. The minimum atomic E-state index is -0.291. The van der Waals surface area contributed by atoms with Crippen LogP contribution in [-0.4, -0.2) is 21.1 Å². The SMILES string of the molecule is Cc1ncc(C(=O)Nc2ccc(O)c(O)c2)s1. The Kier molecular flexibility index (Phi) is 2.97. The maximum absolute atomic E-state index is 11.7. The van der Waals surface area contributed by atoms with Crippen LogP contribution in [0.4, 0.5) is 5.69 Å². The van der Waals surface area contributed by atoms with Gasteiger partial charge in [-0.2, -0.15) is 0 Å². The van der Waals surface area contributed by atoms with Gasteiger partial charge in [0.15, 0.2) is 11.5 Å². The molecule has 88 valence electrons. The molecule has 6 heteroatoms. The number of phenolic OH excluding ortho intramolecular Hbond substituents is 2. The molecule has 0 aliphatic rings. The Morgan fingerprint density at radius 2 is 2.12 bits per heavy atom. The van der Waals surface area contributed by atoms with Crippen LogP contribution in [0.3, 0.4) is 0 Å². The van der Waals surface area contributed by atoms with E-state index in [1.54, 1.807) is 0 Å². The molecule has 0 aliphatic heterocycles. The monoisotopic (exact) mass is 250 g/mol. The van der Waals surface area contributed by atoms with Gasteiger partial charge in [-0.15, -0.1) is 11.3 Å². The molecule has 1 aromatic heterocycles. The molecule has 2 aromatic rings. The van der Waals surface area contributed by atoms with Crippen molar-refractivity contribution in [3.8, 4) is 11.5 Å². The van der Waals surface area contributed by atoms with E-state index in [4.69, 9.17) is 5.11 Å². The van der Waals surface area contributed by atoms with E-state index in [0.29, 0.717) is 10.6 Å². The number of rotatable bonds is 2. The number of nitrogens with one attached hydrogen (secondary N) is 1. The van der Waals surface area contributed by atoms with E-state index in [1.807, 2.05) is 6.92 Å². The number of aromatic hydroxyl groups is 2. The van der Waals surface area contributed by atoms with Crippen LogP contribution in [0.2, 0.25) is 0 Å². The van der Waals surface area contributed by atoms with Crippen LogP contribution in [0, 0.1) is 6.92 Å². The third-order valence-corrected chi connectivity index (χ3v) is 2.99. The zero-order valence-electron chi connectivity index (χ0n) is 8.97. The minimum absolute atomic E-state index is 0.225. The number of phenols is 2. The number of aryl methyl sites for hydroxylation is 1. The molecule has 0 unspecified atom stereocenters. The predicted molar refractivity (Wildman–Crippen MR) is 64.6 cm³/mol. The van der Waals surface area contributed by atoms with Crippen molar-refractivity contribution in [1.82, 2.24) is 4.98 Å². The Morgan fingerprint density at radius 3 is 2.71 bits per heavy atom. The molecule has 2 rings (SSSR count). The van der Waals surface area contributed by atoms with Crippen LogP contribution in [0.5, 0.6) is 11.5 Å². The maximum atomic E-state index is 11.7. The van der Waals surface area contributed by atoms with E-state index >= 15 is 0 Å². The molecule has 1 heterocycles. The number of carbonyl (C=O) groups is 1. The summed E-state index contributed by atoms with van der Waals surface area (Å²) in [6, 6.07) is 4.09. The summed E-state index contributed by atoms with van der Waals surface area (Å²) in [7, 11) is 0. The van der Waals surface area contributed by atoms with Crippen molar-refractivity contribution in [3.05, 3.63) is 34.3 Å². The lowest BCUT2D eigenvalue weighted by molar-refractivity contribution is 0.103. The molecule has 0 saturated heterocycles. The van der Waals surface area contributed by atoms with Crippen LogP contribution in [-0.2, 0) is 0 Å². The van der Waals surface area contributed by atoms with E-state index < -0.39 is 0 Å². The average Bonchev–Trinajstić information content (AvgIpc) is 2.70. The van der Waals surface area contributed by atoms with Crippen LogP contribution < -0.4 is 5.32 Å². The lowest BCUT2D eigenvalue weighted by Gasteiger charge is -2.04. The molecule has 0 saturated carbocycles. The zero-order chi connectivity index (χ0) is 12.4. The molecule has 17 heavy (non-hydrogen) atoms. The molecular formula is C11H10N2O3S. The third-order valence-electron chi connectivity index (χ3n) is 2.08. The number of anilines is 1. The average molecular weight is 250 g/mol. The number of aromatic nitrogens is 1. The van der Waals surface area contributed by atoms with Gasteiger partial charge >= 0.3 is 0 Å². The molecule has 0 bridgehead atoms. The highest BCUT2D eigenvalue weighted by Crippen LogP contribution is 2.27. The van der Waals surface area contributed by atoms with Crippen LogP contribution in [0.1, 0.15) is 14.7 Å². The van der Waals surface area contributed by atoms with Crippen molar-refractivity contribution in [2.75, 3.05) is 5.32 Å². The van der Waals surface area contributed by atoms with Crippen LogP contribution in [0.15, 0.2) is 24.4 Å². The van der Waals surface area contributed by atoms with E-state index in [2.05, 4.69) is 10.3 Å². The molecule has 5 nitrogen and oxygen atoms in total. The second-order valence-electron chi connectivity index (χ2n) is 3.40. The van der Waals surface area contributed by atoms with Crippen molar-refractivity contribution in [1.29, 1.82) is 0 Å². The summed E-state index contributed by atoms with van der Waals surface area (Å²) in [6.07, 6.45) is 1.50. The van der Waals surface area contributed by atoms with Crippen molar-refractivity contribution in [3.63, 3.8) is 0 Å². The fourth-order valence-corrected chi connectivity index (χ4v) is 1.93. The summed E-state index contributed by atoms with van der Waals surface area (Å²) in [5.41, 5.74) is 0.413. The van der Waals surface area contributed by atoms with Crippen molar-refractivity contribution in [2.45, 2.75) is 6.92 Å². The Labute approximate surface area is 101 Å². The number of nitrogens with zero attached hydrogens (tertiary/aromatic N) is 1. The van der Waals surface area contributed by atoms with Gasteiger partial charge in [0.25, 0.3) is 5.91 Å². The fourth-order valence-electron chi connectivity index (χ4n) is 1.26. The summed E-state index contributed by atoms with van der Waals surface area (Å²) in [5, 5.41) is 21.8. The molecular weight excluding hydrogens is 240 g/mol. The molecule has 0 radical (unpaired) electrons. The van der Waals surface area contributed by atoms with E-state index in [-0.39, 0.29) is 17.4 Å². The van der Waals surface area contributed by atoms with Gasteiger partial charge in [-0.1, -0.05) is 0 Å². The molecule has 0 atom stereocenters. The van der Waals surface area contributed by atoms with E-state index in [9.17, 15) is 9.90 Å². The van der Waals surface area contributed by atoms with Gasteiger partial charge in [-0.05, 0) is 19.1 Å². The Morgan fingerprint density at radius 1 is 1.35 bits per heavy atom. The first kappa shape index (κ1) is 11.4. The largest absolute Gasteiger partial charge is 0.504 e. The summed E-state index contributed by atoms with van der Waals surface area (Å²) in [5.74, 6) is -0.791. The number of thiazole rings is 1. The predicted octanol–water partition coefficient (Wildman–Crippen LogP) is 2.12. The molecule has 1 amide bonds. The number of hydrogen-bond acceptors (Lipinski definition) is 5. The Hall–Kier alpha value is -2.08. The highest BCUT2D eigenvalue weighted by molar-refractivity contribution is 7.13. The van der Waals surface area contributed by atoms with Gasteiger partial charge in [0, 0.05) is 11.8 Å². The Balaban J connectivity index is 2.15. The molecule has 3 N–H and O–H groups in total. The first-order valence-electron chi connectivity index (χ1n) is 4.82. The second kappa shape index (κ2) is 4.42. The van der Waals surface area contributed by atoms with Gasteiger partial charge in [0.1, 0.15) is 4.88 Å². The van der Waals surface area contributed by atoms with Gasteiger partial charge in [0.2, 0.25) is 0 Å². The zero-order valence-corrected chi connectivity index (χ0v) is 9.78. The summed E-state index contributed by atoms with van der Waals surface area (Å²) >= 11 is 1.29. The smallest absolute Gasteiger partial charge is 0.267 e. The highest BCUT2D eigenvalue weighted by atomic mass is 32.1. The van der Waals surface area contributed by atoms with Gasteiger partial charge in [0.05, 0.1) is 11.2 Å². The first-order valence-corrected chi connectivity index (χ1v) is 5.63. The van der Waals surface area contributed by atoms with Crippen molar-refractivity contribution in [2.24, 2.45) is 0 Å². The first-order chi connectivity index (χ1) is 8.06. The summed E-state index contributed by atoms with van der Waals surface area (Å²) < 4.78 is 0. The lowest BCUT2D eigenvalue weighted by Crippen LogP contribution is -2.09. The second-order valence-corrected chi connectivity index (χ2v) is 4.64. The van der Waals surface area contributed by atoms with E-state index in [0.717, 1.165) is 5.01 Å². The van der Waals surface area contributed by atoms with Crippen molar-refractivity contribution >= 4 is 22.9 Å². The van der Waals surface area contributed by atoms with Crippen molar-refractivity contribution < 1.29 is 15.0 Å². The quantitative estimate of drug-likeness (QED) is 0.563.